The van der Waals surface area contributed by atoms with Gasteiger partial charge >= 0.3 is 0 Å². The van der Waals surface area contributed by atoms with Crippen LogP contribution in [0.1, 0.15) is 0 Å². The molecule has 2 nitrogen and oxygen atoms in total. The summed E-state index contributed by atoms with van der Waals surface area (Å²) in [6.45, 7) is -1.02. The fourth-order valence-corrected chi connectivity index (χ4v) is 1.15. The Morgan fingerprint density at radius 1 is 1.42 bits per heavy atom. The molecule has 0 aromatic heterocycles. The summed E-state index contributed by atoms with van der Waals surface area (Å²) in [4.78, 5) is 3.49. The van der Waals surface area contributed by atoms with Crippen LogP contribution in [0.5, 0.6) is 11.5 Å². The van der Waals surface area contributed by atoms with Crippen molar-refractivity contribution in [2.24, 2.45) is 0 Å². The van der Waals surface area contributed by atoms with Gasteiger partial charge in [-0.15, -0.1) is 0 Å². The van der Waals surface area contributed by atoms with Crippen molar-refractivity contribution in [2.75, 3.05) is 6.86 Å². The molecule has 0 saturated heterocycles. The minimum absolute atomic E-state index is 0.0226. The highest BCUT2D eigenvalue weighted by Crippen LogP contribution is 2.35. The Morgan fingerprint density at radius 3 is 2.75 bits per heavy atom. The van der Waals surface area contributed by atoms with Gasteiger partial charge in [0.2, 0.25) is 12.6 Å². The maximum atomic E-state index is 11.8. The Bertz CT molecular complexity index is 268. The number of halogens is 3. The third-order valence-electron chi connectivity index (χ3n) is 1.22. The summed E-state index contributed by atoms with van der Waals surface area (Å²) in [5.74, 6) is -0.135. The molecule has 0 unspecified atom stereocenters. The first-order chi connectivity index (χ1) is 5.79. The quantitative estimate of drug-likeness (QED) is 0.806. The molecule has 0 N–H and O–H groups in total. The molecular formula is C7H5BrF2O2. The Kier molecular flexibility index (Phi) is 3.28. The van der Waals surface area contributed by atoms with E-state index in [1.165, 1.54) is 6.07 Å². The number of alkyl halides is 1. The number of rotatable bonds is 3. The predicted molar refractivity (Wildman–Crippen MR) is 42.5 cm³/mol. The molecule has 0 aliphatic rings. The molecule has 0 heterocycles. The first kappa shape index (κ1) is 9.25. The second-order valence-corrected chi connectivity index (χ2v) is 2.75. The molecule has 0 aliphatic heterocycles. The first-order valence-corrected chi connectivity index (χ1v) is 3.84. The van der Waals surface area contributed by atoms with E-state index in [0.29, 0.717) is 4.47 Å². The van der Waals surface area contributed by atoms with Crippen LogP contribution in [0.25, 0.3) is 0 Å². The van der Waals surface area contributed by atoms with Crippen molar-refractivity contribution >= 4 is 15.9 Å². The maximum absolute atomic E-state index is 11.8. The van der Waals surface area contributed by atoms with Crippen LogP contribution in [0.4, 0.5) is 8.92 Å². The average molecular weight is 239 g/mol. The largest absolute Gasteiger partial charge is 0.459 e. The summed E-state index contributed by atoms with van der Waals surface area (Å²) >= 11 is 3.01. The van der Waals surface area contributed by atoms with Crippen molar-refractivity contribution in [3.63, 3.8) is 0 Å². The number of para-hydroxylation sites is 1. The summed E-state index contributed by atoms with van der Waals surface area (Å²) in [6, 6.07) is 4.54. The van der Waals surface area contributed by atoms with E-state index in [2.05, 4.69) is 25.6 Å². The molecule has 0 bridgehead atoms. The molecule has 0 spiro atoms. The average Bonchev–Trinajstić information content (AvgIpc) is 2.05. The highest BCUT2D eigenvalue weighted by Gasteiger charge is 2.09. The van der Waals surface area contributed by atoms with Crippen LogP contribution in [0.3, 0.4) is 0 Å². The minimum Gasteiger partial charge on any atom is -0.459 e. The summed E-state index contributed by atoms with van der Waals surface area (Å²) in [5, 5.41) is 0. The SMILES string of the molecule is FCOc1cccc(Br)c1OF. The maximum Gasteiger partial charge on any atom is 0.228 e. The summed E-state index contributed by atoms with van der Waals surface area (Å²) < 4.78 is 28.4. The van der Waals surface area contributed by atoms with E-state index in [0.717, 1.165) is 0 Å². The molecule has 1 aromatic carbocycles. The van der Waals surface area contributed by atoms with Gasteiger partial charge in [-0.1, -0.05) is 6.07 Å². The van der Waals surface area contributed by atoms with Gasteiger partial charge in [-0.3, -0.25) is 4.94 Å². The molecule has 0 atom stereocenters. The summed E-state index contributed by atoms with van der Waals surface area (Å²) in [7, 11) is 0. The molecule has 1 aromatic rings. The van der Waals surface area contributed by atoms with Crippen LogP contribution in [0, 0.1) is 0 Å². The molecule has 66 valence electrons. The van der Waals surface area contributed by atoms with Crippen LogP contribution in [-0.2, 0) is 0 Å². The highest BCUT2D eigenvalue weighted by atomic mass is 79.9. The van der Waals surface area contributed by atoms with Gasteiger partial charge in [0.15, 0.2) is 5.75 Å². The van der Waals surface area contributed by atoms with E-state index in [-0.39, 0.29) is 11.5 Å². The lowest BCUT2D eigenvalue weighted by atomic mass is 10.3. The standard InChI is InChI=1S/C7H5BrF2O2/c8-5-2-1-3-6(11-4-9)7(5)12-10/h1-3H,4H2. The molecule has 5 heteroatoms. The summed E-state index contributed by atoms with van der Waals surface area (Å²) in [5.41, 5.74) is 0. The van der Waals surface area contributed by atoms with E-state index in [1.807, 2.05) is 0 Å². The third-order valence-corrected chi connectivity index (χ3v) is 1.84. The van der Waals surface area contributed by atoms with Crippen molar-refractivity contribution in [2.45, 2.75) is 0 Å². The van der Waals surface area contributed by atoms with Gasteiger partial charge in [-0.25, -0.2) is 4.39 Å². The Labute approximate surface area is 76.1 Å². The molecule has 0 aliphatic carbocycles. The third kappa shape index (κ3) is 1.85. The van der Waals surface area contributed by atoms with Gasteiger partial charge in [-0.2, -0.15) is 0 Å². The monoisotopic (exact) mass is 238 g/mol. The van der Waals surface area contributed by atoms with Crippen LogP contribution in [0.15, 0.2) is 22.7 Å². The minimum atomic E-state index is -1.02. The smallest absolute Gasteiger partial charge is 0.228 e. The van der Waals surface area contributed by atoms with Crippen LogP contribution < -0.4 is 9.68 Å². The lowest BCUT2D eigenvalue weighted by Crippen LogP contribution is -1.92. The van der Waals surface area contributed by atoms with Crippen molar-refractivity contribution in [3.8, 4) is 11.5 Å². The number of hydrogen-bond donors (Lipinski definition) is 0. The highest BCUT2D eigenvalue weighted by molar-refractivity contribution is 9.10. The normalized spacial score (nSPS) is 9.58. The van der Waals surface area contributed by atoms with Gasteiger partial charge < -0.3 is 4.74 Å². The Hall–Kier alpha value is -0.840. The molecule has 1 rings (SSSR count). The van der Waals surface area contributed by atoms with E-state index in [4.69, 9.17) is 0 Å². The number of benzene rings is 1. The van der Waals surface area contributed by atoms with Gasteiger partial charge in [0.25, 0.3) is 0 Å². The van der Waals surface area contributed by atoms with Crippen molar-refractivity contribution in [1.29, 1.82) is 0 Å². The molecule has 0 radical (unpaired) electrons. The molecule has 0 fully saturated rings. The molecular weight excluding hydrogens is 234 g/mol. The second-order valence-electron chi connectivity index (χ2n) is 1.90. The molecule has 12 heavy (non-hydrogen) atoms. The Morgan fingerprint density at radius 2 is 2.17 bits per heavy atom. The zero-order valence-electron chi connectivity index (χ0n) is 5.89. The van der Waals surface area contributed by atoms with Crippen molar-refractivity contribution < 1.29 is 18.6 Å². The fraction of sp³-hybridized carbons (Fsp3) is 0.143. The number of ether oxygens (including phenoxy) is 1. The second kappa shape index (κ2) is 4.25. The van der Waals surface area contributed by atoms with Gasteiger partial charge in [0.05, 0.1) is 4.47 Å². The van der Waals surface area contributed by atoms with Crippen LogP contribution in [0.2, 0.25) is 0 Å². The van der Waals surface area contributed by atoms with E-state index in [1.54, 1.807) is 12.1 Å². The van der Waals surface area contributed by atoms with Crippen LogP contribution in [-0.4, -0.2) is 6.86 Å². The van der Waals surface area contributed by atoms with Gasteiger partial charge in [-0.05, 0) is 28.1 Å². The number of hydrogen-bond acceptors (Lipinski definition) is 2. The topological polar surface area (TPSA) is 18.5 Å². The first-order valence-electron chi connectivity index (χ1n) is 3.05. The van der Waals surface area contributed by atoms with E-state index in [9.17, 15) is 8.92 Å². The molecule has 0 saturated carbocycles. The lowest BCUT2D eigenvalue weighted by Gasteiger charge is -2.05. The van der Waals surface area contributed by atoms with Gasteiger partial charge in [0, 0.05) is 4.53 Å². The van der Waals surface area contributed by atoms with E-state index >= 15 is 0 Å². The fourth-order valence-electron chi connectivity index (χ4n) is 0.736. The van der Waals surface area contributed by atoms with Crippen LogP contribution >= 0.6 is 15.9 Å². The zero-order chi connectivity index (χ0) is 8.97. The van der Waals surface area contributed by atoms with Crippen molar-refractivity contribution in [3.05, 3.63) is 22.7 Å². The van der Waals surface area contributed by atoms with Crippen molar-refractivity contribution in [1.82, 2.24) is 0 Å². The van der Waals surface area contributed by atoms with Gasteiger partial charge in [0.1, 0.15) is 0 Å². The summed E-state index contributed by atoms with van der Waals surface area (Å²) in [6.07, 6.45) is 0. The zero-order valence-corrected chi connectivity index (χ0v) is 7.48. The predicted octanol–water partition coefficient (Wildman–Crippen LogP) is 3.02. The van der Waals surface area contributed by atoms with E-state index < -0.39 is 6.86 Å². The lowest BCUT2D eigenvalue weighted by molar-refractivity contribution is -0.0118. The Balaban J connectivity index is 3.00. The molecule has 0 amide bonds.